The third kappa shape index (κ3) is 2.62. The zero-order valence-corrected chi connectivity index (χ0v) is 12.0. The number of nitriles is 1. The number of benzene rings is 1. The molecule has 0 unspecified atom stereocenters. The zero-order chi connectivity index (χ0) is 14.7. The van der Waals surface area contributed by atoms with Gasteiger partial charge in [-0.25, -0.2) is 0 Å². The molecule has 0 fully saturated rings. The first-order valence-corrected chi connectivity index (χ1v) is 6.63. The van der Waals surface area contributed by atoms with E-state index in [1.165, 1.54) is 5.56 Å². The molecule has 0 aliphatic heterocycles. The normalized spacial score (nSPS) is 10.3. The van der Waals surface area contributed by atoms with Gasteiger partial charge >= 0.3 is 0 Å². The van der Waals surface area contributed by atoms with Crippen LogP contribution in [0.2, 0.25) is 0 Å². The summed E-state index contributed by atoms with van der Waals surface area (Å²) in [5.74, 6) is 0.00254. The van der Waals surface area contributed by atoms with Gasteiger partial charge in [-0.05, 0) is 38.0 Å². The van der Waals surface area contributed by atoms with Crippen molar-refractivity contribution in [2.75, 3.05) is 0 Å². The first-order valence-electron chi connectivity index (χ1n) is 6.63. The van der Waals surface area contributed by atoms with Gasteiger partial charge in [0.05, 0.1) is 17.3 Å². The summed E-state index contributed by atoms with van der Waals surface area (Å²) in [6, 6.07) is 8.73. The first kappa shape index (κ1) is 14.0. The van der Waals surface area contributed by atoms with Crippen LogP contribution in [0, 0.1) is 25.2 Å². The van der Waals surface area contributed by atoms with E-state index in [9.17, 15) is 4.79 Å². The Hall–Kier alpha value is -2.41. The molecule has 1 heterocycles. The summed E-state index contributed by atoms with van der Waals surface area (Å²) in [6.07, 6.45) is 0.919. The van der Waals surface area contributed by atoms with Gasteiger partial charge in [0.2, 0.25) is 0 Å². The van der Waals surface area contributed by atoms with E-state index in [1.54, 1.807) is 28.9 Å². The summed E-state index contributed by atoms with van der Waals surface area (Å²) in [5, 5.41) is 13.2. The molecule has 0 radical (unpaired) electrons. The molecule has 0 saturated heterocycles. The third-order valence-electron chi connectivity index (χ3n) is 3.51. The molecule has 0 amide bonds. The highest BCUT2D eigenvalue weighted by atomic mass is 16.1. The van der Waals surface area contributed by atoms with Crippen LogP contribution in [-0.4, -0.2) is 15.6 Å². The van der Waals surface area contributed by atoms with E-state index in [2.05, 4.69) is 12.0 Å². The second-order valence-corrected chi connectivity index (χ2v) is 4.77. The molecule has 1 aromatic carbocycles. The molecule has 4 heteroatoms. The lowest BCUT2D eigenvalue weighted by Gasteiger charge is -2.05. The fraction of sp³-hybridized carbons (Fsp3) is 0.312. The van der Waals surface area contributed by atoms with Crippen molar-refractivity contribution >= 4 is 5.78 Å². The van der Waals surface area contributed by atoms with Gasteiger partial charge in [-0.15, -0.1) is 0 Å². The largest absolute Gasteiger partial charge is 0.292 e. The van der Waals surface area contributed by atoms with Crippen LogP contribution in [0.25, 0.3) is 0 Å². The maximum atomic E-state index is 12.2. The van der Waals surface area contributed by atoms with Crippen LogP contribution in [0.3, 0.4) is 0 Å². The zero-order valence-electron chi connectivity index (χ0n) is 12.0. The number of hydrogen-bond donors (Lipinski definition) is 0. The van der Waals surface area contributed by atoms with E-state index < -0.39 is 0 Å². The second kappa shape index (κ2) is 5.70. The number of ketones is 1. The maximum absolute atomic E-state index is 12.2. The van der Waals surface area contributed by atoms with Gasteiger partial charge in [0, 0.05) is 11.3 Å². The Morgan fingerprint density at radius 3 is 2.45 bits per heavy atom. The molecule has 1 aromatic heterocycles. The fourth-order valence-corrected chi connectivity index (χ4v) is 2.36. The monoisotopic (exact) mass is 267 g/mol. The Labute approximate surface area is 118 Å². The smallest absolute Gasteiger partial charge is 0.184 e. The van der Waals surface area contributed by atoms with Gasteiger partial charge in [0.1, 0.15) is 6.54 Å². The summed E-state index contributed by atoms with van der Waals surface area (Å²) in [5.41, 5.74) is 4.40. The van der Waals surface area contributed by atoms with Crippen molar-refractivity contribution in [3.05, 3.63) is 52.3 Å². The van der Waals surface area contributed by atoms with Crippen LogP contribution in [0.1, 0.15) is 39.8 Å². The average molecular weight is 267 g/mol. The first-order chi connectivity index (χ1) is 9.56. The predicted octanol–water partition coefficient (Wildman–Crippen LogP) is 2.82. The summed E-state index contributed by atoms with van der Waals surface area (Å²) >= 11 is 0. The lowest BCUT2D eigenvalue weighted by Crippen LogP contribution is -2.13. The van der Waals surface area contributed by atoms with Gasteiger partial charge in [0.15, 0.2) is 5.78 Å². The van der Waals surface area contributed by atoms with Gasteiger partial charge < -0.3 is 0 Å². The molecule has 0 atom stereocenters. The standard InChI is InChI=1S/C16H17N3O/c1-4-15-11(2)18-19(12(15)3)10-16(20)14-7-5-13(9-17)6-8-14/h5-8H,4,10H2,1-3H3. The molecule has 0 aliphatic carbocycles. The van der Waals surface area contributed by atoms with Crippen LogP contribution < -0.4 is 0 Å². The molecule has 2 rings (SSSR count). The topological polar surface area (TPSA) is 58.7 Å². The summed E-state index contributed by atoms with van der Waals surface area (Å²) in [6.45, 7) is 6.28. The van der Waals surface area contributed by atoms with Crippen LogP contribution in [0.15, 0.2) is 24.3 Å². The van der Waals surface area contributed by atoms with Crippen molar-refractivity contribution in [3.8, 4) is 6.07 Å². The summed E-state index contributed by atoms with van der Waals surface area (Å²) < 4.78 is 1.76. The summed E-state index contributed by atoms with van der Waals surface area (Å²) in [4.78, 5) is 12.2. The molecule has 0 saturated carbocycles. The number of carbonyl (C=O) groups is 1. The number of nitrogens with zero attached hydrogens (tertiary/aromatic N) is 3. The van der Waals surface area contributed by atoms with E-state index in [0.717, 1.165) is 17.8 Å². The number of aryl methyl sites for hydroxylation is 1. The van der Waals surface area contributed by atoms with E-state index in [1.807, 2.05) is 19.9 Å². The Bertz CT molecular complexity index is 675. The summed E-state index contributed by atoms with van der Waals surface area (Å²) in [7, 11) is 0. The number of hydrogen-bond acceptors (Lipinski definition) is 3. The molecular weight excluding hydrogens is 250 g/mol. The second-order valence-electron chi connectivity index (χ2n) is 4.77. The minimum Gasteiger partial charge on any atom is -0.292 e. The number of rotatable bonds is 4. The predicted molar refractivity (Wildman–Crippen MR) is 76.6 cm³/mol. The van der Waals surface area contributed by atoms with E-state index in [4.69, 9.17) is 5.26 Å². The average Bonchev–Trinajstić information content (AvgIpc) is 2.73. The van der Waals surface area contributed by atoms with E-state index in [0.29, 0.717) is 11.1 Å². The Morgan fingerprint density at radius 1 is 1.30 bits per heavy atom. The number of carbonyl (C=O) groups excluding carboxylic acids is 1. The van der Waals surface area contributed by atoms with Crippen molar-refractivity contribution in [1.29, 1.82) is 5.26 Å². The maximum Gasteiger partial charge on any atom is 0.184 e. The Morgan fingerprint density at radius 2 is 1.95 bits per heavy atom. The number of Topliss-reactive ketones (excluding diaryl/α,β-unsaturated/α-hetero) is 1. The van der Waals surface area contributed by atoms with Crippen LogP contribution in [0.5, 0.6) is 0 Å². The highest BCUT2D eigenvalue weighted by molar-refractivity contribution is 5.96. The van der Waals surface area contributed by atoms with Crippen molar-refractivity contribution < 1.29 is 4.79 Å². The van der Waals surface area contributed by atoms with Gasteiger partial charge in [-0.1, -0.05) is 19.1 Å². The highest BCUT2D eigenvalue weighted by Crippen LogP contribution is 2.14. The van der Waals surface area contributed by atoms with Crippen molar-refractivity contribution in [3.63, 3.8) is 0 Å². The van der Waals surface area contributed by atoms with Crippen LogP contribution in [-0.2, 0) is 13.0 Å². The lowest BCUT2D eigenvalue weighted by molar-refractivity contribution is 0.0966. The molecule has 0 aliphatic rings. The fourth-order valence-electron chi connectivity index (χ4n) is 2.36. The molecule has 2 aromatic rings. The molecule has 0 N–H and O–H groups in total. The van der Waals surface area contributed by atoms with E-state index >= 15 is 0 Å². The van der Waals surface area contributed by atoms with Gasteiger partial charge in [0.25, 0.3) is 0 Å². The minimum atomic E-state index is 0.00254. The minimum absolute atomic E-state index is 0.00254. The van der Waals surface area contributed by atoms with Crippen LogP contribution in [0.4, 0.5) is 0 Å². The molecular formula is C16H17N3O. The van der Waals surface area contributed by atoms with Gasteiger partial charge in [-0.3, -0.25) is 9.48 Å². The van der Waals surface area contributed by atoms with E-state index in [-0.39, 0.29) is 12.3 Å². The van der Waals surface area contributed by atoms with Crippen molar-refractivity contribution in [1.82, 2.24) is 9.78 Å². The molecule has 0 bridgehead atoms. The molecule has 0 spiro atoms. The third-order valence-corrected chi connectivity index (χ3v) is 3.51. The Kier molecular flexibility index (Phi) is 3.99. The molecule has 102 valence electrons. The van der Waals surface area contributed by atoms with Crippen molar-refractivity contribution in [2.24, 2.45) is 0 Å². The SMILES string of the molecule is CCc1c(C)nn(CC(=O)c2ccc(C#N)cc2)c1C. The molecule has 20 heavy (non-hydrogen) atoms. The van der Waals surface area contributed by atoms with Crippen LogP contribution >= 0.6 is 0 Å². The highest BCUT2D eigenvalue weighted by Gasteiger charge is 2.13. The van der Waals surface area contributed by atoms with Gasteiger partial charge in [-0.2, -0.15) is 10.4 Å². The number of aromatic nitrogens is 2. The van der Waals surface area contributed by atoms with Crippen molar-refractivity contribution in [2.45, 2.75) is 33.7 Å². The Balaban J connectivity index is 2.21. The lowest BCUT2D eigenvalue weighted by atomic mass is 10.1. The molecule has 4 nitrogen and oxygen atoms in total. The quantitative estimate of drug-likeness (QED) is 0.800.